The molecule has 0 aromatic heterocycles. The minimum atomic E-state index is 0. The first-order valence-electron chi connectivity index (χ1n) is 3.46. The van der Waals surface area contributed by atoms with Crippen molar-refractivity contribution in [3.05, 3.63) is 0 Å². The maximum absolute atomic E-state index is 2.17. The Kier molecular flexibility index (Phi) is 161. The Labute approximate surface area is 91.2 Å². The van der Waals surface area contributed by atoms with E-state index in [1.165, 1.54) is 0 Å². The van der Waals surface area contributed by atoms with Crippen molar-refractivity contribution in [3.8, 4) is 0 Å². The van der Waals surface area contributed by atoms with Gasteiger partial charge >= 0.3 is 0 Å². The molecular formula is C13H40. The van der Waals surface area contributed by atoms with Crippen LogP contribution in [0.25, 0.3) is 0 Å². The first kappa shape index (κ1) is 52.0. The second-order valence-corrected chi connectivity index (χ2v) is 3.46. The summed E-state index contributed by atoms with van der Waals surface area (Å²) >= 11 is 0. The molecular weight excluding hydrogens is 156 g/mol. The van der Waals surface area contributed by atoms with Crippen molar-refractivity contribution < 1.29 is 0 Å². The highest BCUT2D eigenvalue weighted by atomic mass is 13.7. The SMILES string of the molecule is C.C.C.C.C.CC(C)C.CC(C)C. The molecule has 0 aliphatic carbocycles. The molecule has 0 bridgehead atoms. The number of hydrogen-bond donors (Lipinski definition) is 0. The van der Waals surface area contributed by atoms with Gasteiger partial charge in [0.05, 0.1) is 0 Å². The van der Waals surface area contributed by atoms with Gasteiger partial charge in [0.2, 0.25) is 0 Å². The third-order valence-electron chi connectivity index (χ3n) is 0. The Morgan fingerprint density at radius 2 is 0.385 bits per heavy atom. The van der Waals surface area contributed by atoms with E-state index in [4.69, 9.17) is 0 Å². The molecule has 0 aromatic rings. The van der Waals surface area contributed by atoms with Crippen LogP contribution >= 0.6 is 0 Å². The Balaban J connectivity index is -0.00000000800. The summed E-state index contributed by atoms with van der Waals surface area (Å²) in [6.45, 7) is 13.0. The molecule has 92 valence electrons. The Morgan fingerprint density at radius 1 is 0.385 bits per heavy atom. The highest BCUT2D eigenvalue weighted by Gasteiger charge is 1.68. The van der Waals surface area contributed by atoms with Gasteiger partial charge in [-0.3, -0.25) is 0 Å². The van der Waals surface area contributed by atoms with Crippen molar-refractivity contribution in [2.75, 3.05) is 0 Å². The van der Waals surface area contributed by atoms with Crippen LogP contribution < -0.4 is 0 Å². The smallest absolute Gasteiger partial charge is 0.0500 e. The van der Waals surface area contributed by atoms with E-state index in [9.17, 15) is 0 Å². The largest absolute Gasteiger partial charge is 0.0776 e. The van der Waals surface area contributed by atoms with Crippen molar-refractivity contribution in [1.82, 2.24) is 0 Å². The molecule has 0 aliphatic rings. The second kappa shape index (κ2) is 40.3. The van der Waals surface area contributed by atoms with Gasteiger partial charge in [-0.2, -0.15) is 0 Å². The Bertz CT molecular complexity index is 15.5. The molecule has 0 saturated heterocycles. The van der Waals surface area contributed by atoms with Crippen LogP contribution in [0.2, 0.25) is 0 Å². The molecule has 0 fully saturated rings. The predicted molar refractivity (Wildman–Crippen MR) is 74.7 cm³/mol. The fourth-order valence-electron chi connectivity index (χ4n) is 0. The van der Waals surface area contributed by atoms with Crippen molar-refractivity contribution in [2.45, 2.75) is 78.7 Å². The van der Waals surface area contributed by atoms with Gasteiger partial charge in [0.15, 0.2) is 0 Å². The van der Waals surface area contributed by atoms with E-state index < -0.39 is 0 Å². The summed E-state index contributed by atoms with van der Waals surface area (Å²) < 4.78 is 0. The van der Waals surface area contributed by atoms with E-state index in [0.717, 1.165) is 11.8 Å². The third kappa shape index (κ3) is 0. The average molecular weight is 196 g/mol. The summed E-state index contributed by atoms with van der Waals surface area (Å²) in [4.78, 5) is 0. The molecule has 0 saturated carbocycles. The fourth-order valence-corrected chi connectivity index (χ4v) is 0. The quantitative estimate of drug-likeness (QED) is 0.414. The summed E-state index contributed by atoms with van der Waals surface area (Å²) in [6.07, 6.45) is 0. The lowest BCUT2D eigenvalue weighted by molar-refractivity contribution is 0.736. The van der Waals surface area contributed by atoms with Crippen molar-refractivity contribution >= 4 is 0 Å². The van der Waals surface area contributed by atoms with Gasteiger partial charge in [-0.1, -0.05) is 78.7 Å². The van der Waals surface area contributed by atoms with Gasteiger partial charge in [0, 0.05) is 0 Å². The van der Waals surface area contributed by atoms with Gasteiger partial charge in [0.1, 0.15) is 0 Å². The van der Waals surface area contributed by atoms with Crippen LogP contribution in [0.1, 0.15) is 78.7 Å². The van der Waals surface area contributed by atoms with E-state index in [0.29, 0.717) is 0 Å². The van der Waals surface area contributed by atoms with Crippen molar-refractivity contribution in [1.29, 1.82) is 0 Å². The Morgan fingerprint density at radius 3 is 0.385 bits per heavy atom. The maximum Gasteiger partial charge on any atom is -0.0500 e. The lowest BCUT2D eigenvalue weighted by Crippen LogP contribution is -1.66. The molecule has 0 spiro atoms. The minimum absolute atomic E-state index is 0. The zero-order chi connectivity index (χ0) is 7.15. The zero-order valence-electron chi connectivity index (χ0n) is 7.15. The lowest BCUT2D eigenvalue weighted by atomic mass is 10.3. The topological polar surface area (TPSA) is 0 Å². The predicted octanol–water partition coefficient (Wildman–Crippen LogP) is 6.51. The number of rotatable bonds is 0. The Hall–Kier alpha value is 0. The molecule has 0 radical (unpaired) electrons. The van der Waals surface area contributed by atoms with E-state index in [1.54, 1.807) is 0 Å². The molecule has 0 amide bonds. The first-order chi connectivity index (χ1) is 3.46. The molecule has 0 heterocycles. The molecule has 0 N–H and O–H groups in total. The van der Waals surface area contributed by atoms with E-state index in [2.05, 4.69) is 41.5 Å². The first-order valence-corrected chi connectivity index (χ1v) is 3.46. The normalized spacial score (nSPS) is 5.54. The summed E-state index contributed by atoms with van der Waals surface area (Å²) in [5.41, 5.74) is 0. The van der Waals surface area contributed by atoms with E-state index >= 15 is 0 Å². The van der Waals surface area contributed by atoms with Gasteiger partial charge in [-0.25, -0.2) is 0 Å². The van der Waals surface area contributed by atoms with Crippen LogP contribution in [0.15, 0.2) is 0 Å². The van der Waals surface area contributed by atoms with Crippen LogP contribution in [0.4, 0.5) is 0 Å². The van der Waals surface area contributed by atoms with Crippen LogP contribution in [-0.2, 0) is 0 Å². The van der Waals surface area contributed by atoms with Crippen LogP contribution in [-0.4, -0.2) is 0 Å². The van der Waals surface area contributed by atoms with Crippen LogP contribution in [0, 0.1) is 11.8 Å². The van der Waals surface area contributed by atoms with E-state index in [-0.39, 0.29) is 37.1 Å². The monoisotopic (exact) mass is 196 g/mol. The van der Waals surface area contributed by atoms with Crippen LogP contribution in [0.3, 0.4) is 0 Å². The van der Waals surface area contributed by atoms with Gasteiger partial charge in [0.25, 0.3) is 0 Å². The second-order valence-electron chi connectivity index (χ2n) is 3.46. The number of hydrogen-bond acceptors (Lipinski definition) is 0. The summed E-state index contributed by atoms with van der Waals surface area (Å²) in [5.74, 6) is 1.67. The molecule has 0 heteroatoms. The highest BCUT2D eigenvalue weighted by Crippen LogP contribution is 1.81. The fraction of sp³-hybridized carbons (Fsp3) is 1.00. The lowest BCUT2D eigenvalue weighted by Gasteiger charge is -1.79. The zero-order valence-corrected chi connectivity index (χ0v) is 7.15. The van der Waals surface area contributed by atoms with Crippen molar-refractivity contribution in [2.24, 2.45) is 11.8 Å². The average Bonchev–Trinajstić information content (AvgIpc) is 1.25. The molecule has 0 rings (SSSR count). The van der Waals surface area contributed by atoms with Gasteiger partial charge < -0.3 is 0 Å². The summed E-state index contributed by atoms with van der Waals surface area (Å²) in [5, 5.41) is 0. The van der Waals surface area contributed by atoms with E-state index in [1.807, 2.05) is 0 Å². The summed E-state index contributed by atoms with van der Waals surface area (Å²) in [7, 11) is 0. The molecule has 0 aromatic carbocycles. The van der Waals surface area contributed by atoms with Gasteiger partial charge in [-0.05, 0) is 11.8 Å². The minimum Gasteiger partial charge on any atom is -0.0776 e. The molecule has 0 unspecified atom stereocenters. The standard InChI is InChI=1S/2C4H10.5CH4/c2*1-4(2)3;;;;;/h2*4H,1-3H3;5*1H4. The summed E-state index contributed by atoms with van der Waals surface area (Å²) in [6, 6.07) is 0. The third-order valence-corrected chi connectivity index (χ3v) is 0. The molecule has 0 nitrogen and oxygen atoms in total. The van der Waals surface area contributed by atoms with Crippen molar-refractivity contribution in [3.63, 3.8) is 0 Å². The molecule has 0 aliphatic heterocycles. The molecule has 0 atom stereocenters. The molecule has 13 heavy (non-hydrogen) atoms. The van der Waals surface area contributed by atoms with Gasteiger partial charge in [-0.15, -0.1) is 0 Å². The maximum atomic E-state index is 2.17. The highest BCUT2D eigenvalue weighted by molar-refractivity contribution is 4.21. The van der Waals surface area contributed by atoms with Crippen LogP contribution in [0.5, 0.6) is 0 Å².